The Labute approximate surface area is 175 Å². The monoisotopic (exact) mass is 413 g/mol. The Morgan fingerprint density at radius 2 is 1.80 bits per heavy atom. The van der Waals surface area contributed by atoms with E-state index in [1.807, 2.05) is 12.1 Å². The lowest BCUT2D eigenvalue weighted by Crippen LogP contribution is -2.43. The molecule has 160 valence electrons. The zero-order chi connectivity index (χ0) is 21.5. The number of benzene rings is 1. The number of hydrogen-bond donors (Lipinski definition) is 1. The number of rotatable bonds is 7. The molecule has 2 aromatic rings. The Bertz CT molecular complexity index is 948. The number of amides is 2. The predicted octanol–water partition coefficient (Wildman–Crippen LogP) is 1.44. The summed E-state index contributed by atoms with van der Waals surface area (Å²) in [6.45, 7) is 1.57. The molecule has 30 heavy (non-hydrogen) atoms. The van der Waals surface area contributed by atoms with E-state index in [1.165, 1.54) is 4.57 Å². The third-order valence-corrected chi connectivity index (χ3v) is 5.27. The van der Waals surface area contributed by atoms with Crippen molar-refractivity contribution >= 4 is 11.8 Å². The van der Waals surface area contributed by atoms with Crippen molar-refractivity contribution in [3.05, 3.63) is 58.5 Å². The van der Waals surface area contributed by atoms with Crippen molar-refractivity contribution in [2.45, 2.75) is 12.8 Å². The third kappa shape index (κ3) is 5.20. The maximum atomic E-state index is 12.6. The summed E-state index contributed by atoms with van der Waals surface area (Å²) >= 11 is 0. The van der Waals surface area contributed by atoms with Gasteiger partial charge in [0.25, 0.3) is 17.4 Å². The van der Waals surface area contributed by atoms with Crippen molar-refractivity contribution in [1.29, 1.82) is 0 Å². The Hall–Kier alpha value is -3.29. The van der Waals surface area contributed by atoms with E-state index in [0.29, 0.717) is 31.1 Å². The molecule has 1 aromatic heterocycles. The highest BCUT2D eigenvalue weighted by Crippen LogP contribution is 2.25. The van der Waals surface area contributed by atoms with Crippen molar-refractivity contribution in [2.75, 3.05) is 33.4 Å². The van der Waals surface area contributed by atoms with Crippen LogP contribution in [0.25, 0.3) is 0 Å². The summed E-state index contributed by atoms with van der Waals surface area (Å²) in [6.07, 6.45) is 3.17. The van der Waals surface area contributed by atoms with Gasteiger partial charge in [0.15, 0.2) is 18.1 Å². The largest absolute Gasteiger partial charge is 0.493 e. The lowest BCUT2D eigenvalue weighted by atomic mass is 9.96. The van der Waals surface area contributed by atoms with Crippen LogP contribution < -0.4 is 20.3 Å². The van der Waals surface area contributed by atoms with Gasteiger partial charge in [0, 0.05) is 32.9 Å². The first-order chi connectivity index (χ1) is 14.5. The van der Waals surface area contributed by atoms with Gasteiger partial charge in [-0.1, -0.05) is 12.1 Å². The lowest BCUT2D eigenvalue weighted by Gasteiger charge is -2.32. The maximum absolute atomic E-state index is 12.6. The number of methoxy groups -OCH3 is 1. The number of carbonyl (C=O) groups excluding carboxylic acids is 2. The number of likely N-dealkylation sites (tertiary alicyclic amines) is 1. The van der Waals surface area contributed by atoms with Gasteiger partial charge in [-0.3, -0.25) is 14.4 Å². The highest BCUT2D eigenvalue weighted by Gasteiger charge is 2.25. The van der Waals surface area contributed by atoms with Crippen LogP contribution in [0.5, 0.6) is 11.5 Å². The van der Waals surface area contributed by atoms with Gasteiger partial charge in [0.2, 0.25) is 0 Å². The Morgan fingerprint density at radius 1 is 1.10 bits per heavy atom. The van der Waals surface area contributed by atoms with Crippen molar-refractivity contribution in [3.63, 3.8) is 0 Å². The summed E-state index contributed by atoms with van der Waals surface area (Å²) in [5.74, 6) is 0.948. The second kappa shape index (κ2) is 9.96. The van der Waals surface area contributed by atoms with Crippen LogP contribution in [0.2, 0.25) is 0 Å². The van der Waals surface area contributed by atoms with Gasteiger partial charge in [-0.2, -0.15) is 0 Å². The number of carbonyl (C=O) groups is 2. The summed E-state index contributed by atoms with van der Waals surface area (Å²) in [6, 6.07) is 10.4. The highest BCUT2D eigenvalue weighted by atomic mass is 16.5. The second-order valence-corrected chi connectivity index (χ2v) is 7.32. The third-order valence-electron chi connectivity index (χ3n) is 5.27. The number of aromatic nitrogens is 1. The molecule has 0 bridgehead atoms. The van der Waals surface area contributed by atoms with Crippen LogP contribution in [-0.4, -0.2) is 54.6 Å². The quantitative estimate of drug-likeness (QED) is 0.742. The molecule has 1 fully saturated rings. The standard InChI is InChI=1S/C22H27N3O5/c1-24-11-5-6-17(21(24)27)22(28)25-12-9-16(10-13-25)14-23-20(26)15-30-19-8-4-3-7-18(19)29-2/h3-8,11,16H,9-10,12-15H2,1-2H3,(H,23,26). The summed E-state index contributed by atoms with van der Waals surface area (Å²) in [5.41, 5.74) is -0.0906. The maximum Gasteiger partial charge on any atom is 0.263 e. The van der Waals surface area contributed by atoms with Crippen molar-refractivity contribution in [1.82, 2.24) is 14.8 Å². The van der Waals surface area contributed by atoms with E-state index >= 15 is 0 Å². The van der Waals surface area contributed by atoms with Crippen LogP contribution in [0.15, 0.2) is 47.4 Å². The van der Waals surface area contributed by atoms with Crippen molar-refractivity contribution < 1.29 is 19.1 Å². The SMILES string of the molecule is COc1ccccc1OCC(=O)NCC1CCN(C(=O)c2cccn(C)c2=O)CC1. The van der Waals surface area contributed by atoms with Gasteiger partial charge < -0.3 is 24.3 Å². The normalized spacial score (nSPS) is 14.3. The minimum Gasteiger partial charge on any atom is -0.493 e. The van der Waals surface area contributed by atoms with Crippen LogP contribution >= 0.6 is 0 Å². The number of pyridine rings is 1. The molecule has 1 saturated heterocycles. The van der Waals surface area contributed by atoms with E-state index < -0.39 is 0 Å². The molecule has 1 aromatic carbocycles. The zero-order valence-corrected chi connectivity index (χ0v) is 17.3. The van der Waals surface area contributed by atoms with Gasteiger partial charge in [-0.15, -0.1) is 0 Å². The summed E-state index contributed by atoms with van der Waals surface area (Å²) in [4.78, 5) is 38.6. The highest BCUT2D eigenvalue weighted by molar-refractivity contribution is 5.93. The average Bonchev–Trinajstić information content (AvgIpc) is 2.78. The molecule has 0 radical (unpaired) electrons. The van der Waals surface area contributed by atoms with Gasteiger partial charge in [0.1, 0.15) is 5.56 Å². The topological polar surface area (TPSA) is 89.9 Å². The van der Waals surface area contributed by atoms with E-state index in [-0.39, 0.29) is 35.5 Å². The fraction of sp³-hybridized carbons (Fsp3) is 0.409. The number of para-hydroxylation sites is 2. The molecule has 0 spiro atoms. The Morgan fingerprint density at radius 3 is 2.50 bits per heavy atom. The smallest absolute Gasteiger partial charge is 0.263 e. The number of aryl methyl sites for hydroxylation is 1. The van der Waals surface area contributed by atoms with Crippen LogP contribution in [0, 0.1) is 5.92 Å². The van der Waals surface area contributed by atoms with Crippen LogP contribution in [-0.2, 0) is 11.8 Å². The Kier molecular flexibility index (Phi) is 7.11. The number of nitrogens with one attached hydrogen (secondary N) is 1. The molecule has 0 atom stereocenters. The number of piperidine rings is 1. The van der Waals surface area contributed by atoms with E-state index in [2.05, 4.69) is 5.32 Å². The van der Waals surface area contributed by atoms with E-state index in [1.54, 1.807) is 49.5 Å². The molecule has 3 rings (SSSR count). The predicted molar refractivity (Wildman–Crippen MR) is 112 cm³/mol. The fourth-order valence-corrected chi connectivity index (χ4v) is 3.46. The molecule has 2 amide bonds. The minimum absolute atomic E-state index is 0.0883. The average molecular weight is 413 g/mol. The van der Waals surface area contributed by atoms with E-state index in [9.17, 15) is 14.4 Å². The molecule has 0 saturated carbocycles. The molecule has 2 heterocycles. The molecular weight excluding hydrogens is 386 g/mol. The molecule has 8 nitrogen and oxygen atoms in total. The van der Waals surface area contributed by atoms with Gasteiger partial charge in [-0.25, -0.2) is 0 Å². The molecule has 1 aliphatic rings. The summed E-state index contributed by atoms with van der Waals surface area (Å²) in [7, 11) is 3.18. The zero-order valence-electron chi connectivity index (χ0n) is 17.3. The first-order valence-electron chi connectivity index (χ1n) is 9.97. The van der Waals surface area contributed by atoms with Crippen molar-refractivity contribution in [3.8, 4) is 11.5 Å². The Balaban J connectivity index is 1.42. The van der Waals surface area contributed by atoms with E-state index in [4.69, 9.17) is 9.47 Å². The molecule has 0 unspecified atom stereocenters. The summed E-state index contributed by atoms with van der Waals surface area (Å²) < 4.78 is 12.1. The number of ether oxygens (including phenoxy) is 2. The van der Waals surface area contributed by atoms with Crippen molar-refractivity contribution in [2.24, 2.45) is 13.0 Å². The molecule has 1 N–H and O–H groups in total. The number of hydrogen-bond acceptors (Lipinski definition) is 5. The number of nitrogens with zero attached hydrogens (tertiary/aromatic N) is 2. The molecule has 8 heteroatoms. The van der Waals surface area contributed by atoms with Crippen LogP contribution in [0.4, 0.5) is 0 Å². The first-order valence-corrected chi connectivity index (χ1v) is 9.97. The minimum atomic E-state index is -0.285. The van der Waals surface area contributed by atoms with Crippen LogP contribution in [0.3, 0.4) is 0 Å². The molecule has 1 aliphatic heterocycles. The fourth-order valence-electron chi connectivity index (χ4n) is 3.46. The van der Waals surface area contributed by atoms with Gasteiger partial charge in [-0.05, 0) is 43.0 Å². The summed E-state index contributed by atoms with van der Waals surface area (Å²) in [5, 5.41) is 2.89. The lowest BCUT2D eigenvalue weighted by molar-refractivity contribution is -0.123. The molecular formula is C22H27N3O5. The van der Waals surface area contributed by atoms with Gasteiger partial charge >= 0.3 is 0 Å². The van der Waals surface area contributed by atoms with E-state index in [0.717, 1.165) is 12.8 Å². The first kappa shape index (κ1) is 21.4. The van der Waals surface area contributed by atoms with Gasteiger partial charge in [0.05, 0.1) is 7.11 Å². The van der Waals surface area contributed by atoms with Crippen LogP contribution in [0.1, 0.15) is 23.2 Å². The molecule has 0 aliphatic carbocycles. The second-order valence-electron chi connectivity index (χ2n) is 7.32.